The normalized spacial score (nSPS) is 11.4. The van der Waals surface area contributed by atoms with Crippen LogP contribution in [0.2, 0.25) is 5.02 Å². The molecule has 4 nitrogen and oxygen atoms in total. The van der Waals surface area contributed by atoms with Gasteiger partial charge in [0.05, 0.1) is 10.9 Å². The molecule has 0 N–H and O–H groups in total. The summed E-state index contributed by atoms with van der Waals surface area (Å²) in [6, 6.07) is 15.4. The number of halogens is 1. The lowest BCUT2D eigenvalue weighted by molar-refractivity contribution is -0.575. The van der Waals surface area contributed by atoms with Crippen LogP contribution in [0, 0.1) is 12.1 Å². The fourth-order valence-corrected chi connectivity index (χ4v) is 3.10. The largest absolute Gasteiger partial charge is 0.618 e. The lowest BCUT2D eigenvalue weighted by Crippen LogP contribution is -2.26. The fraction of sp³-hybridized carbons (Fsp3) is 0.111. The summed E-state index contributed by atoms with van der Waals surface area (Å²) in [6.07, 6.45) is 1.54. The molecule has 23 heavy (non-hydrogen) atoms. The van der Waals surface area contributed by atoms with Gasteiger partial charge in [0.2, 0.25) is 11.7 Å². The molecule has 2 aromatic carbocycles. The summed E-state index contributed by atoms with van der Waals surface area (Å²) < 4.78 is 3.03. The number of hydrogen-bond donors (Lipinski definition) is 0. The Labute approximate surface area is 138 Å². The van der Waals surface area contributed by atoms with Crippen LogP contribution in [0.5, 0.6) is 0 Å². The number of imidazole rings is 1. The van der Waals surface area contributed by atoms with Crippen molar-refractivity contribution in [1.82, 2.24) is 9.55 Å². The van der Waals surface area contributed by atoms with Crippen molar-refractivity contribution in [3.05, 3.63) is 76.3 Å². The summed E-state index contributed by atoms with van der Waals surface area (Å²) in [7, 11) is 0. The summed E-state index contributed by atoms with van der Waals surface area (Å²) in [5, 5.41) is 13.8. The molecule has 4 rings (SSSR count). The van der Waals surface area contributed by atoms with Gasteiger partial charge in [0, 0.05) is 17.6 Å². The molecule has 0 aliphatic rings. The lowest BCUT2D eigenvalue weighted by atomic mass is 10.1. The molecule has 0 amide bonds. The Bertz CT molecular complexity index is 1020. The number of aromatic nitrogens is 3. The first kappa shape index (κ1) is 14.0. The molecule has 0 atom stereocenters. The van der Waals surface area contributed by atoms with Crippen molar-refractivity contribution in [3.8, 4) is 0 Å². The zero-order valence-corrected chi connectivity index (χ0v) is 13.3. The van der Waals surface area contributed by atoms with E-state index in [0.29, 0.717) is 17.6 Å². The first-order chi connectivity index (χ1) is 11.1. The molecular formula is C18H14ClN3O. The minimum absolute atomic E-state index is 0.650. The monoisotopic (exact) mass is 323 g/mol. The molecule has 2 heterocycles. The average Bonchev–Trinajstić information content (AvgIpc) is 2.85. The van der Waals surface area contributed by atoms with Gasteiger partial charge in [-0.25, -0.2) is 4.98 Å². The average molecular weight is 324 g/mol. The predicted molar refractivity (Wildman–Crippen MR) is 91.5 cm³/mol. The van der Waals surface area contributed by atoms with Crippen LogP contribution in [0.1, 0.15) is 11.4 Å². The summed E-state index contributed by atoms with van der Waals surface area (Å²) in [5.41, 5.74) is 3.49. The second kappa shape index (κ2) is 5.25. The number of rotatable bonds is 2. The van der Waals surface area contributed by atoms with E-state index in [4.69, 9.17) is 11.6 Å². The van der Waals surface area contributed by atoms with Gasteiger partial charge in [-0.05, 0) is 30.7 Å². The Morgan fingerprint density at radius 2 is 1.87 bits per heavy atom. The van der Waals surface area contributed by atoms with Crippen molar-refractivity contribution in [3.63, 3.8) is 0 Å². The maximum Gasteiger partial charge on any atom is 0.226 e. The highest BCUT2D eigenvalue weighted by Gasteiger charge is 2.16. The molecule has 0 bridgehead atoms. The van der Waals surface area contributed by atoms with Gasteiger partial charge in [0.25, 0.3) is 0 Å². The Kier molecular flexibility index (Phi) is 3.20. The minimum atomic E-state index is 0.650. The standard InChI is InChI=1S/C18H14ClN3O/c1-12-20-16-11-22(23)17-5-3-2-4-15(17)18(16)21(12)10-13-6-8-14(19)9-7-13/h2-9,11H,10H2,1H3. The van der Waals surface area contributed by atoms with Crippen molar-refractivity contribution in [2.75, 3.05) is 0 Å². The van der Waals surface area contributed by atoms with Gasteiger partial charge < -0.3 is 9.77 Å². The van der Waals surface area contributed by atoms with E-state index in [-0.39, 0.29) is 0 Å². The highest BCUT2D eigenvalue weighted by Crippen LogP contribution is 2.24. The van der Waals surface area contributed by atoms with E-state index in [1.54, 1.807) is 6.20 Å². The Morgan fingerprint density at radius 1 is 1.13 bits per heavy atom. The van der Waals surface area contributed by atoms with Crippen molar-refractivity contribution in [2.24, 2.45) is 0 Å². The van der Waals surface area contributed by atoms with Crippen LogP contribution in [-0.4, -0.2) is 9.55 Å². The number of nitrogens with zero attached hydrogens (tertiary/aromatic N) is 3. The molecule has 0 saturated carbocycles. The number of fused-ring (bicyclic) bond motifs is 3. The summed E-state index contributed by atoms with van der Waals surface area (Å²) in [5.74, 6) is 0.881. The molecule has 4 aromatic rings. The third-order valence-corrected chi connectivity index (χ3v) is 4.33. The van der Waals surface area contributed by atoms with E-state index in [2.05, 4.69) is 9.55 Å². The highest BCUT2D eigenvalue weighted by molar-refractivity contribution is 6.30. The van der Waals surface area contributed by atoms with E-state index in [9.17, 15) is 5.21 Å². The van der Waals surface area contributed by atoms with E-state index in [1.165, 1.54) is 0 Å². The first-order valence-corrected chi connectivity index (χ1v) is 7.73. The maximum absolute atomic E-state index is 12.2. The van der Waals surface area contributed by atoms with Crippen LogP contribution < -0.4 is 4.73 Å². The molecular weight excluding hydrogens is 310 g/mol. The van der Waals surface area contributed by atoms with Gasteiger partial charge in [0.1, 0.15) is 5.82 Å². The smallest absolute Gasteiger partial charge is 0.226 e. The first-order valence-electron chi connectivity index (χ1n) is 7.35. The molecule has 0 spiro atoms. The third kappa shape index (κ3) is 2.32. The molecule has 0 aliphatic carbocycles. The molecule has 2 aromatic heterocycles. The maximum atomic E-state index is 12.2. The lowest BCUT2D eigenvalue weighted by Gasteiger charge is -2.09. The molecule has 5 heteroatoms. The van der Waals surface area contributed by atoms with Gasteiger partial charge in [-0.1, -0.05) is 35.9 Å². The Hall–Kier alpha value is -2.59. The Balaban J connectivity index is 1.97. The predicted octanol–water partition coefficient (Wildman–Crippen LogP) is 3.83. The molecule has 0 saturated heterocycles. The quantitative estimate of drug-likeness (QED) is 0.415. The van der Waals surface area contributed by atoms with Crippen molar-refractivity contribution in [2.45, 2.75) is 13.5 Å². The van der Waals surface area contributed by atoms with Gasteiger partial charge in [-0.15, -0.1) is 0 Å². The van der Waals surface area contributed by atoms with E-state index < -0.39 is 0 Å². The second-order valence-electron chi connectivity index (χ2n) is 5.58. The van der Waals surface area contributed by atoms with Crippen LogP contribution in [0.4, 0.5) is 0 Å². The number of para-hydroxylation sites is 1. The van der Waals surface area contributed by atoms with Gasteiger partial charge in [0.15, 0.2) is 5.52 Å². The minimum Gasteiger partial charge on any atom is -0.618 e. The highest BCUT2D eigenvalue weighted by atomic mass is 35.5. The summed E-state index contributed by atoms with van der Waals surface area (Å²) in [6.45, 7) is 2.65. The number of benzene rings is 2. The summed E-state index contributed by atoms with van der Waals surface area (Å²) in [4.78, 5) is 4.55. The molecule has 0 aliphatic heterocycles. The molecule has 114 valence electrons. The SMILES string of the molecule is Cc1nc2c[n+]([O-])c3ccccc3c2n1Cc1ccc(Cl)cc1. The second-order valence-corrected chi connectivity index (χ2v) is 6.01. The van der Waals surface area contributed by atoms with E-state index in [0.717, 1.165) is 32.0 Å². The van der Waals surface area contributed by atoms with Crippen LogP contribution in [0.3, 0.4) is 0 Å². The third-order valence-electron chi connectivity index (χ3n) is 4.08. The van der Waals surface area contributed by atoms with Gasteiger partial charge in [-0.2, -0.15) is 4.73 Å². The number of pyridine rings is 1. The van der Waals surface area contributed by atoms with Crippen LogP contribution in [0.15, 0.2) is 54.7 Å². The van der Waals surface area contributed by atoms with E-state index in [1.807, 2.05) is 55.5 Å². The van der Waals surface area contributed by atoms with E-state index >= 15 is 0 Å². The van der Waals surface area contributed by atoms with Crippen molar-refractivity contribution in [1.29, 1.82) is 0 Å². The van der Waals surface area contributed by atoms with Crippen LogP contribution >= 0.6 is 11.6 Å². The zero-order valence-electron chi connectivity index (χ0n) is 12.5. The summed E-state index contributed by atoms with van der Waals surface area (Å²) >= 11 is 5.96. The van der Waals surface area contributed by atoms with Crippen LogP contribution in [-0.2, 0) is 6.54 Å². The van der Waals surface area contributed by atoms with Crippen molar-refractivity contribution < 1.29 is 4.73 Å². The number of aryl methyl sites for hydroxylation is 1. The molecule has 0 radical (unpaired) electrons. The zero-order chi connectivity index (χ0) is 16.0. The Morgan fingerprint density at radius 3 is 2.65 bits per heavy atom. The molecule has 0 fully saturated rings. The fourth-order valence-electron chi connectivity index (χ4n) is 2.97. The van der Waals surface area contributed by atoms with Gasteiger partial charge >= 0.3 is 0 Å². The van der Waals surface area contributed by atoms with Crippen LogP contribution in [0.25, 0.3) is 21.9 Å². The van der Waals surface area contributed by atoms with Gasteiger partial charge in [-0.3, -0.25) is 0 Å². The topological polar surface area (TPSA) is 44.8 Å². The number of hydrogen-bond acceptors (Lipinski definition) is 2. The molecule has 0 unspecified atom stereocenters. The van der Waals surface area contributed by atoms with Crippen molar-refractivity contribution >= 4 is 33.5 Å².